The maximum absolute atomic E-state index is 12.9. The van der Waals surface area contributed by atoms with E-state index in [0.29, 0.717) is 12.2 Å². The highest BCUT2D eigenvalue weighted by atomic mass is 16.2. The van der Waals surface area contributed by atoms with Gasteiger partial charge >= 0.3 is 0 Å². The van der Waals surface area contributed by atoms with E-state index in [1.165, 1.54) is 10.7 Å². The molecule has 2 aliphatic rings. The molecular formula is C18H26N4O3. The molecule has 2 atom stereocenters. The number of hydrogen-bond acceptors (Lipinski definition) is 4. The van der Waals surface area contributed by atoms with Gasteiger partial charge in [0.05, 0.1) is 17.3 Å². The Morgan fingerprint density at radius 1 is 1.28 bits per heavy atom. The van der Waals surface area contributed by atoms with Crippen molar-refractivity contribution in [2.75, 3.05) is 13.1 Å². The Morgan fingerprint density at radius 3 is 2.76 bits per heavy atom. The van der Waals surface area contributed by atoms with Crippen LogP contribution >= 0.6 is 0 Å². The third kappa shape index (κ3) is 3.19. The number of hydrogen-bond donors (Lipinski definition) is 0. The maximum Gasteiger partial charge on any atom is 0.267 e. The third-order valence-corrected chi connectivity index (χ3v) is 5.64. The van der Waals surface area contributed by atoms with Crippen LogP contribution in [0.5, 0.6) is 0 Å². The standard InChI is InChI=1S/C18H26N4O3/c1-13-7-8-16(24)22(19-13)12-17(25)20-10-5-9-18(3)15(20)6-4-11-21(18)14(2)23/h7-8,15H,4-6,9-12H2,1-3H3/t15-,18-/m0/s1. The van der Waals surface area contributed by atoms with E-state index in [9.17, 15) is 14.4 Å². The number of fused-ring (bicyclic) bond motifs is 1. The fourth-order valence-corrected chi connectivity index (χ4v) is 4.44. The van der Waals surface area contributed by atoms with E-state index in [-0.39, 0.29) is 35.5 Å². The van der Waals surface area contributed by atoms with E-state index >= 15 is 0 Å². The van der Waals surface area contributed by atoms with E-state index in [1.807, 2.05) is 9.80 Å². The molecule has 0 aliphatic carbocycles. The Bertz CT molecular complexity index is 744. The summed E-state index contributed by atoms with van der Waals surface area (Å²) in [6.45, 7) is 6.87. The average molecular weight is 346 g/mol. The second kappa shape index (κ2) is 6.61. The van der Waals surface area contributed by atoms with Crippen LogP contribution in [-0.4, -0.2) is 56.1 Å². The van der Waals surface area contributed by atoms with E-state index in [4.69, 9.17) is 0 Å². The van der Waals surface area contributed by atoms with Gasteiger partial charge in [-0.05, 0) is 45.6 Å². The summed E-state index contributed by atoms with van der Waals surface area (Å²) in [4.78, 5) is 40.8. The van der Waals surface area contributed by atoms with Crippen LogP contribution in [0, 0.1) is 6.92 Å². The lowest BCUT2D eigenvalue weighted by molar-refractivity contribution is -0.155. The van der Waals surface area contributed by atoms with E-state index in [0.717, 1.165) is 32.2 Å². The van der Waals surface area contributed by atoms with Crippen molar-refractivity contribution < 1.29 is 9.59 Å². The van der Waals surface area contributed by atoms with Gasteiger partial charge in [-0.3, -0.25) is 14.4 Å². The Balaban J connectivity index is 1.84. The number of likely N-dealkylation sites (tertiary alicyclic amines) is 2. The molecule has 3 heterocycles. The Morgan fingerprint density at radius 2 is 2.04 bits per heavy atom. The molecule has 1 aromatic rings. The molecule has 2 aliphatic heterocycles. The molecular weight excluding hydrogens is 320 g/mol. The smallest absolute Gasteiger partial charge is 0.267 e. The summed E-state index contributed by atoms with van der Waals surface area (Å²) in [6, 6.07) is 3.09. The number of aryl methyl sites for hydroxylation is 1. The minimum absolute atomic E-state index is 0.00640. The monoisotopic (exact) mass is 346 g/mol. The summed E-state index contributed by atoms with van der Waals surface area (Å²) >= 11 is 0. The highest BCUT2D eigenvalue weighted by molar-refractivity contribution is 5.78. The molecule has 7 nitrogen and oxygen atoms in total. The molecule has 0 bridgehead atoms. The first-order valence-electron chi connectivity index (χ1n) is 8.95. The molecule has 0 aromatic carbocycles. The average Bonchev–Trinajstić information content (AvgIpc) is 2.56. The SMILES string of the molecule is CC(=O)N1CCC[C@@H]2N(C(=O)Cn3nc(C)ccc3=O)CCC[C@@]21C. The highest BCUT2D eigenvalue weighted by Gasteiger charge is 2.49. The molecule has 1 aromatic heterocycles. The minimum atomic E-state index is -0.316. The van der Waals surface area contributed by atoms with Crippen molar-refractivity contribution in [3.05, 3.63) is 28.2 Å². The summed E-state index contributed by atoms with van der Waals surface area (Å²) in [6.07, 6.45) is 3.55. The molecule has 2 fully saturated rings. The van der Waals surface area contributed by atoms with Crippen molar-refractivity contribution in [2.24, 2.45) is 0 Å². The normalized spacial score (nSPS) is 26.3. The molecule has 2 saturated heterocycles. The molecule has 7 heteroatoms. The molecule has 0 spiro atoms. The van der Waals surface area contributed by atoms with Gasteiger partial charge in [-0.15, -0.1) is 0 Å². The molecule has 0 saturated carbocycles. The lowest BCUT2D eigenvalue weighted by atomic mass is 9.76. The van der Waals surface area contributed by atoms with Gasteiger partial charge in [0.2, 0.25) is 11.8 Å². The molecule has 0 N–H and O–H groups in total. The molecule has 136 valence electrons. The predicted octanol–water partition coefficient (Wildman–Crippen LogP) is 0.944. The number of amides is 2. The molecule has 2 amide bonds. The van der Waals surface area contributed by atoms with Crippen molar-refractivity contribution >= 4 is 11.8 Å². The lowest BCUT2D eigenvalue weighted by Crippen LogP contribution is -2.68. The fourth-order valence-electron chi connectivity index (χ4n) is 4.44. The Labute approximate surface area is 147 Å². The maximum atomic E-state index is 12.9. The van der Waals surface area contributed by atoms with Gasteiger partial charge in [0.15, 0.2) is 0 Å². The third-order valence-electron chi connectivity index (χ3n) is 5.64. The highest BCUT2D eigenvalue weighted by Crippen LogP contribution is 2.39. The van der Waals surface area contributed by atoms with Gasteiger partial charge in [0, 0.05) is 26.1 Å². The summed E-state index contributed by atoms with van der Waals surface area (Å²) in [5.74, 6) is -0.0282. The van der Waals surface area contributed by atoms with Crippen LogP contribution in [0.2, 0.25) is 0 Å². The molecule has 3 rings (SSSR count). The second-order valence-corrected chi connectivity index (χ2v) is 7.35. The van der Waals surface area contributed by atoms with Gasteiger partial charge in [-0.25, -0.2) is 4.68 Å². The lowest BCUT2D eigenvalue weighted by Gasteiger charge is -2.56. The number of aromatic nitrogens is 2. The summed E-state index contributed by atoms with van der Waals surface area (Å²) in [5, 5.41) is 4.16. The van der Waals surface area contributed by atoms with Crippen LogP contribution in [-0.2, 0) is 16.1 Å². The molecule has 25 heavy (non-hydrogen) atoms. The second-order valence-electron chi connectivity index (χ2n) is 7.35. The largest absolute Gasteiger partial charge is 0.336 e. The van der Waals surface area contributed by atoms with Gasteiger partial charge in [-0.1, -0.05) is 0 Å². The van der Waals surface area contributed by atoms with Crippen molar-refractivity contribution in [1.82, 2.24) is 19.6 Å². The minimum Gasteiger partial charge on any atom is -0.336 e. The van der Waals surface area contributed by atoms with Gasteiger partial charge in [0.25, 0.3) is 5.56 Å². The van der Waals surface area contributed by atoms with Gasteiger partial charge in [0.1, 0.15) is 6.54 Å². The van der Waals surface area contributed by atoms with Gasteiger partial charge in [-0.2, -0.15) is 5.10 Å². The van der Waals surface area contributed by atoms with Crippen molar-refractivity contribution in [1.29, 1.82) is 0 Å². The van der Waals surface area contributed by atoms with E-state index in [1.54, 1.807) is 19.9 Å². The topological polar surface area (TPSA) is 75.5 Å². The number of carbonyl (C=O) groups is 2. The first-order chi connectivity index (χ1) is 11.8. The first kappa shape index (κ1) is 17.6. The summed E-state index contributed by atoms with van der Waals surface area (Å²) < 4.78 is 1.23. The number of piperidine rings is 2. The molecule has 0 radical (unpaired) electrons. The zero-order valence-electron chi connectivity index (χ0n) is 15.2. The Hall–Kier alpha value is -2.18. The number of rotatable bonds is 2. The van der Waals surface area contributed by atoms with Crippen LogP contribution in [0.4, 0.5) is 0 Å². The predicted molar refractivity (Wildman–Crippen MR) is 93.0 cm³/mol. The van der Waals surface area contributed by atoms with Crippen molar-refractivity contribution in [3.8, 4) is 0 Å². The van der Waals surface area contributed by atoms with Crippen molar-refractivity contribution in [2.45, 2.75) is 64.6 Å². The van der Waals surface area contributed by atoms with Crippen LogP contribution in [0.15, 0.2) is 16.9 Å². The van der Waals surface area contributed by atoms with Gasteiger partial charge < -0.3 is 9.80 Å². The van der Waals surface area contributed by atoms with E-state index in [2.05, 4.69) is 12.0 Å². The quantitative estimate of drug-likeness (QED) is 0.799. The van der Waals surface area contributed by atoms with Crippen LogP contribution in [0.3, 0.4) is 0 Å². The van der Waals surface area contributed by atoms with E-state index < -0.39 is 0 Å². The Kier molecular flexibility index (Phi) is 4.67. The number of nitrogens with zero attached hydrogens (tertiary/aromatic N) is 4. The zero-order valence-corrected chi connectivity index (χ0v) is 15.2. The van der Waals surface area contributed by atoms with Crippen LogP contribution < -0.4 is 5.56 Å². The zero-order chi connectivity index (χ0) is 18.2. The molecule has 0 unspecified atom stereocenters. The summed E-state index contributed by atoms with van der Waals surface area (Å²) in [7, 11) is 0. The van der Waals surface area contributed by atoms with Crippen LogP contribution in [0.25, 0.3) is 0 Å². The fraction of sp³-hybridized carbons (Fsp3) is 0.667. The van der Waals surface area contributed by atoms with Crippen molar-refractivity contribution in [3.63, 3.8) is 0 Å². The summed E-state index contributed by atoms with van der Waals surface area (Å²) in [5.41, 5.74) is 0.118. The first-order valence-corrected chi connectivity index (χ1v) is 8.95. The van der Waals surface area contributed by atoms with Crippen LogP contribution in [0.1, 0.15) is 45.2 Å². The number of carbonyl (C=O) groups excluding carboxylic acids is 2.